The highest BCUT2D eigenvalue weighted by Gasteiger charge is 2.40. The van der Waals surface area contributed by atoms with Gasteiger partial charge in [-0.25, -0.2) is 0 Å². The van der Waals surface area contributed by atoms with E-state index in [1.165, 1.54) is 0 Å². The minimum Gasteiger partial charge on any atom is -0.381 e. The predicted octanol–water partition coefficient (Wildman–Crippen LogP) is 1.22. The Morgan fingerprint density at radius 1 is 1.09 bits per heavy atom. The molecule has 0 aromatic heterocycles. The number of rotatable bonds is 2. The molecular weight excluding hydrogens is 278 g/mol. The summed E-state index contributed by atoms with van der Waals surface area (Å²) in [6.07, 6.45) is 6.52. The second kappa shape index (κ2) is 6.85. The first-order valence-electron chi connectivity index (χ1n) is 8.97. The molecule has 2 saturated heterocycles. The molecule has 22 heavy (non-hydrogen) atoms. The third kappa shape index (κ3) is 3.47. The number of nitrogens with two attached hydrogens (primary N) is 1. The van der Waals surface area contributed by atoms with Gasteiger partial charge in [0.05, 0.1) is 5.92 Å². The lowest BCUT2D eigenvalue weighted by atomic mass is 9.74. The van der Waals surface area contributed by atoms with Gasteiger partial charge in [-0.3, -0.25) is 9.69 Å². The van der Waals surface area contributed by atoms with Crippen molar-refractivity contribution in [2.24, 2.45) is 11.7 Å². The molecule has 0 spiro atoms. The Morgan fingerprint density at radius 2 is 1.77 bits per heavy atom. The fourth-order valence-corrected chi connectivity index (χ4v) is 4.34. The van der Waals surface area contributed by atoms with E-state index in [4.69, 9.17) is 10.5 Å². The number of hydrogen-bond donors (Lipinski definition) is 1. The van der Waals surface area contributed by atoms with Crippen molar-refractivity contribution in [3.05, 3.63) is 0 Å². The quantitative estimate of drug-likeness (QED) is 0.833. The number of carbonyl (C=O) groups excluding carboxylic acids is 1. The second-order valence-corrected chi connectivity index (χ2v) is 7.51. The summed E-state index contributed by atoms with van der Waals surface area (Å²) in [4.78, 5) is 17.5. The van der Waals surface area contributed by atoms with Crippen molar-refractivity contribution in [2.75, 3.05) is 39.4 Å². The second-order valence-electron chi connectivity index (χ2n) is 7.51. The molecule has 5 nitrogen and oxygen atoms in total. The van der Waals surface area contributed by atoms with Crippen LogP contribution in [-0.2, 0) is 9.53 Å². The number of carbonyl (C=O) groups is 1. The van der Waals surface area contributed by atoms with Gasteiger partial charge in [-0.1, -0.05) is 12.8 Å². The fraction of sp³-hybridized carbons (Fsp3) is 0.941. The third-order valence-corrected chi connectivity index (χ3v) is 5.89. The summed E-state index contributed by atoms with van der Waals surface area (Å²) in [5, 5.41) is 0. The van der Waals surface area contributed by atoms with Crippen molar-refractivity contribution in [2.45, 2.75) is 57.0 Å². The van der Waals surface area contributed by atoms with E-state index in [9.17, 15) is 4.79 Å². The summed E-state index contributed by atoms with van der Waals surface area (Å²) in [5.41, 5.74) is 6.09. The van der Waals surface area contributed by atoms with Gasteiger partial charge in [0.25, 0.3) is 0 Å². The predicted molar refractivity (Wildman–Crippen MR) is 86.5 cm³/mol. The van der Waals surface area contributed by atoms with E-state index in [1.54, 1.807) is 0 Å². The van der Waals surface area contributed by atoms with Crippen molar-refractivity contribution in [3.63, 3.8) is 0 Å². The zero-order chi connectivity index (χ0) is 15.6. The summed E-state index contributed by atoms with van der Waals surface area (Å²) < 4.78 is 5.45. The molecule has 0 aromatic carbocycles. The van der Waals surface area contributed by atoms with E-state index in [0.29, 0.717) is 11.9 Å². The standard InChI is InChI=1S/C17H31N3O2/c1-17(18)7-3-2-4-15(17)16(21)20-10-8-19(9-11-20)14-5-12-22-13-6-14/h14-15H,2-13,18H2,1H3. The number of piperazine rings is 1. The van der Waals surface area contributed by atoms with Crippen LogP contribution < -0.4 is 5.73 Å². The van der Waals surface area contributed by atoms with Crippen LogP contribution in [0.5, 0.6) is 0 Å². The Morgan fingerprint density at radius 3 is 2.41 bits per heavy atom. The molecule has 3 fully saturated rings. The molecule has 126 valence electrons. The van der Waals surface area contributed by atoms with E-state index in [2.05, 4.69) is 16.7 Å². The maximum absolute atomic E-state index is 12.9. The Hall–Kier alpha value is -0.650. The molecule has 0 bridgehead atoms. The van der Waals surface area contributed by atoms with Gasteiger partial charge in [0.2, 0.25) is 5.91 Å². The van der Waals surface area contributed by atoms with Gasteiger partial charge in [-0.2, -0.15) is 0 Å². The number of hydrogen-bond acceptors (Lipinski definition) is 4. The molecule has 2 aliphatic heterocycles. The molecule has 2 atom stereocenters. The van der Waals surface area contributed by atoms with Crippen LogP contribution in [0, 0.1) is 5.92 Å². The van der Waals surface area contributed by atoms with Crippen LogP contribution in [0.4, 0.5) is 0 Å². The van der Waals surface area contributed by atoms with Crippen LogP contribution in [0.1, 0.15) is 45.4 Å². The lowest BCUT2D eigenvalue weighted by Crippen LogP contribution is -2.58. The first-order valence-corrected chi connectivity index (χ1v) is 8.97. The van der Waals surface area contributed by atoms with Crippen molar-refractivity contribution >= 4 is 5.91 Å². The summed E-state index contributed by atoms with van der Waals surface area (Å²) in [6, 6.07) is 0.653. The fourth-order valence-electron chi connectivity index (χ4n) is 4.34. The van der Waals surface area contributed by atoms with Gasteiger partial charge in [0.15, 0.2) is 0 Å². The largest absolute Gasteiger partial charge is 0.381 e. The average molecular weight is 309 g/mol. The van der Waals surface area contributed by atoms with Gasteiger partial charge in [0, 0.05) is 51.0 Å². The van der Waals surface area contributed by atoms with Crippen molar-refractivity contribution < 1.29 is 9.53 Å². The van der Waals surface area contributed by atoms with Gasteiger partial charge in [-0.05, 0) is 32.6 Å². The zero-order valence-electron chi connectivity index (χ0n) is 13.9. The smallest absolute Gasteiger partial charge is 0.227 e. The zero-order valence-corrected chi connectivity index (χ0v) is 13.9. The van der Waals surface area contributed by atoms with Crippen LogP contribution in [0.2, 0.25) is 0 Å². The van der Waals surface area contributed by atoms with Crippen LogP contribution in [-0.4, -0.2) is 66.7 Å². The monoisotopic (exact) mass is 309 g/mol. The third-order valence-electron chi connectivity index (χ3n) is 5.89. The Bertz CT molecular complexity index is 385. The molecule has 0 aromatic rings. The molecule has 0 radical (unpaired) electrons. The van der Waals surface area contributed by atoms with Crippen molar-refractivity contribution in [1.29, 1.82) is 0 Å². The lowest BCUT2D eigenvalue weighted by Gasteiger charge is -2.44. The highest BCUT2D eigenvalue weighted by Crippen LogP contribution is 2.33. The molecule has 2 unspecified atom stereocenters. The van der Waals surface area contributed by atoms with E-state index >= 15 is 0 Å². The first kappa shape index (κ1) is 16.2. The molecular formula is C17H31N3O2. The summed E-state index contributed by atoms with van der Waals surface area (Å²) >= 11 is 0. The molecule has 1 saturated carbocycles. The summed E-state index contributed by atoms with van der Waals surface area (Å²) in [5.74, 6) is 0.326. The highest BCUT2D eigenvalue weighted by molar-refractivity contribution is 5.80. The maximum Gasteiger partial charge on any atom is 0.227 e. The molecule has 3 rings (SSSR count). The minimum absolute atomic E-state index is 0.0240. The molecule has 5 heteroatoms. The van der Waals surface area contributed by atoms with E-state index in [0.717, 1.165) is 77.9 Å². The molecule has 2 heterocycles. The number of ether oxygens (including phenoxy) is 1. The lowest BCUT2D eigenvalue weighted by molar-refractivity contribution is -0.141. The topological polar surface area (TPSA) is 58.8 Å². The van der Waals surface area contributed by atoms with Crippen LogP contribution in [0.25, 0.3) is 0 Å². The normalized spacial score (nSPS) is 35.5. The summed E-state index contributed by atoms with van der Waals surface area (Å²) in [6.45, 7) is 7.57. The molecule has 2 N–H and O–H groups in total. The average Bonchev–Trinajstić information content (AvgIpc) is 2.55. The van der Waals surface area contributed by atoms with Crippen LogP contribution in [0.3, 0.4) is 0 Å². The van der Waals surface area contributed by atoms with Crippen molar-refractivity contribution in [3.8, 4) is 0 Å². The van der Waals surface area contributed by atoms with Gasteiger partial charge in [-0.15, -0.1) is 0 Å². The Balaban J connectivity index is 1.53. The van der Waals surface area contributed by atoms with E-state index in [-0.39, 0.29) is 11.5 Å². The number of amides is 1. The van der Waals surface area contributed by atoms with Crippen LogP contribution >= 0.6 is 0 Å². The summed E-state index contributed by atoms with van der Waals surface area (Å²) in [7, 11) is 0. The highest BCUT2D eigenvalue weighted by atomic mass is 16.5. The van der Waals surface area contributed by atoms with Gasteiger partial charge < -0.3 is 15.4 Å². The SMILES string of the molecule is CC1(N)CCCCC1C(=O)N1CCN(C2CCOCC2)CC1. The Kier molecular flexibility index (Phi) is 5.05. The van der Waals surface area contributed by atoms with Gasteiger partial charge in [0.1, 0.15) is 0 Å². The first-order chi connectivity index (χ1) is 10.6. The van der Waals surface area contributed by atoms with E-state index < -0.39 is 0 Å². The molecule has 1 amide bonds. The number of nitrogens with zero attached hydrogens (tertiary/aromatic N) is 2. The minimum atomic E-state index is -0.312. The van der Waals surface area contributed by atoms with Crippen molar-refractivity contribution in [1.82, 2.24) is 9.80 Å². The maximum atomic E-state index is 12.9. The molecule has 1 aliphatic carbocycles. The van der Waals surface area contributed by atoms with E-state index in [1.807, 2.05) is 0 Å². The Labute approximate surface area is 134 Å². The van der Waals surface area contributed by atoms with Crippen LogP contribution in [0.15, 0.2) is 0 Å². The molecule has 3 aliphatic rings. The van der Waals surface area contributed by atoms with Gasteiger partial charge >= 0.3 is 0 Å².